The van der Waals surface area contributed by atoms with Crippen molar-refractivity contribution in [2.75, 3.05) is 41.8 Å². The molecule has 0 amide bonds. The van der Waals surface area contributed by atoms with Crippen LogP contribution in [0.15, 0.2) is 105 Å². The quantitative estimate of drug-likeness (QED) is 0.0498. The summed E-state index contributed by atoms with van der Waals surface area (Å²) in [6.07, 6.45) is 0. The number of benzene rings is 4. The summed E-state index contributed by atoms with van der Waals surface area (Å²) in [5.41, 5.74) is 2.39. The monoisotopic (exact) mass is 794 g/mol. The average molecular weight is 795 g/mol. The molecule has 0 bridgehead atoms. The summed E-state index contributed by atoms with van der Waals surface area (Å²) in [7, 11) is 0. The summed E-state index contributed by atoms with van der Waals surface area (Å²) in [5, 5.41) is 23.0. The molecule has 0 aliphatic carbocycles. The minimum atomic E-state index is -0.901. The first-order valence-electron chi connectivity index (χ1n) is 16.5. The highest BCUT2D eigenvalue weighted by atomic mass is 16.7. The maximum Gasteiger partial charge on any atom is 0.356 e. The molecule has 11 N–H and O–H groups in total. The highest BCUT2D eigenvalue weighted by molar-refractivity contribution is 5.96. The fraction of sp³-hybridized carbons (Fsp3) is 0.114. The van der Waals surface area contributed by atoms with E-state index in [1.165, 1.54) is 36.4 Å². The van der Waals surface area contributed by atoms with Crippen LogP contribution in [0, 0.1) is 0 Å². The lowest BCUT2D eigenvalue weighted by molar-refractivity contribution is -0.120. The predicted octanol–water partition coefficient (Wildman–Crippen LogP) is 4.81. The summed E-state index contributed by atoms with van der Waals surface area (Å²) < 4.78 is 10.3. The van der Waals surface area contributed by atoms with E-state index in [1.54, 1.807) is 48.5 Å². The molecule has 58 heavy (non-hydrogen) atoms. The Morgan fingerprint density at radius 3 is 1.50 bits per heavy atom. The molecule has 0 atom stereocenters. The molecule has 0 saturated carbocycles. The van der Waals surface area contributed by atoms with E-state index in [1.807, 2.05) is 4.90 Å². The fourth-order valence-corrected chi connectivity index (χ4v) is 5.08. The maximum atomic E-state index is 12.0. The number of azo groups is 2. The molecule has 23 heteroatoms. The lowest BCUT2D eigenvalue weighted by Gasteiger charge is -2.27. The first-order chi connectivity index (χ1) is 27.7. The molecule has 23 nitrogen and oxygen atoms in total. The fourth-order valence-electron chi connectivity index (χ4n) is 5.08. The van der Waals surface area contributed by atoms with Gasteiger partial charge in [0.1, 0.15) is 5.75 Å². The van der Waals surface area contributed by atoms with E-state index in [0.717, 1.165) is 0 Å². The molecule has 4 aromatic carbocycles. The number of nitrogens with two attached hydrogens (primary N) is 3. The van der Waals surface area contributed by atoms with Gasteiger partial charge in [0.15, 0.2) is 0 Å². The zero-order valence-electron chi connectivity index (χ0n) is 30.2. The Balaban J connectivity index is 0.00000641. The molecule has 1 fully saturated rings. The number of hydrogen-bond donors (Lipinski definition) is 6. The van der Waals surface area contributed by atoms with E-state index in [9.17, 15) is 19.2 Å². The third-order valence-electron chi connectivity index (χ3n) is 7.75. The second-order valence-corrected chi connectivity index (χ2v) is 11.5. The number of aromatic nitrogens is 3. The Morgan fingerprint density at radius 2 is 1.05 bits per heavy atom. The molecule has 0 radical (unpaired) electrons. The molecule has 5 aromatic rings. The summed E-state index contributed by atoms with van der Waals surface area (Å²) in [5.74, 6) is 13.3. The van der Waals surface area contributed by atoms with Crippen LogP contribution >= 0.6 is 0 Å². The van der Waals surface area contributed by atoms with Crippen LogP contribution in [-0.2, 0) is 24.0 Å². The zero-order valence-corrected chi connectivity index (χ0v) is 30.2. The van der Waals surface area contributed by atoms with Crippen LogP contribution in [-0.4, -0.2) is 65.6 Å². The summed E-state index contributed by atoms with van der Waals surface area (Å²) in [6.45, 7) is 2.38. The highest BCUT2D eigenvalue weighted by Crippen LogP contribution is 2.28. The number of rotatable bonds is 14. The van der Waals surface area contributed by atoms with E-state index in [-0.39, 0.29) is 58.3 Å². The van der Waals surface area contributed by atoms with Crippen LogP contribution in [0.5, 0.6) is 5.75 Å². The Hall–Kier alpha value is -7.83. The molecule has 1 aromatic heterocycles. The van der Waals surface area contributed by atoms with E-state index < -0.39 is 17.9 Å². The van der Waals surface area contributed by atoms with Crippen LogP contribution in [0.3, 0.4) is 0 Å². The molecule has 298 valence electrons. The molecule has 1 aliphatic heterocycles. The number of ether oxygens (including phenoxy) is 2. The second-order valence-electron chi connectivity index (χ2n) is 11.5. The van der Waals surface area contributed by atoms with Gasteiger partial charge in [-0.3, -0.25) is 4.79 Å². The Bertz CT molecular complexity index is 2290. The lowest BCUT2D eigenvalue weighted by atomic mass is 10.1. The molecule has 0 unspecified atom stereocenters. The molecule has 2 heterocycles. The Kier molecular flexibility index (Phi) is 14.0. The van der Waals surface area contributed by atoms with Gasteiger partial charge in [-0.1, -0.05) is 0 Å². The minimum absolute atomic E-state index is 0. The van der Waals surface area contributed by atoms with Crippen molar-refractivity contribution in [3.05, 3.63) is 102 Å². The van der Waals surface area contributed by atoms with E-state index in [0.29, 0.717) is 55.0 Å². The van der Waals surface area contributed by atoms with Gasteiger partial charge in [0.05, 0.1) is 52.7 Å². The molecule has 6 rings (SSSR count). The van der Waals surface area contributed by atoms with Gasteiger partial charge in [-0.05, 0) is 78.9 Å². The maximum absolute atomic E-state index is 12.0. The molecule has 1 saturated heterocycles. The van der Waals surface area contributed by atoms with Crippen molar-refractivity contribution in [3.63, 3.8) is 0 Å². The standard InChI is InChI=1S/C35H31N13O9.H3N/c36-55-30(50)20-13-21(31(51)56-37)15-27(14-20)46-44-25-5-1-23(2-6-25)39-33-41-34(43-35(42-33)48-9-11-53-12-10-48)40-24-3-7-26(8-4-24)45-47-28-16-22(32(52)57-38)17-29(18-28)54-19-49;/h1-8,13-19H,9-12,36-38H2,(H2,39,40,41,42,43);1H3. The lowest BCUT2D eigenvalue weighted by Crippen LogP contribution is -2.37. The van der Waals surface area contributed by atoms with Crippen molar-refractivity contribution in [1.82, 2.24) is 21.1 Å². The van der Waals surface area contributed by atoms with Crippen LogP contribution in [0.1, 0.15) is 31.1 Å². The van der Waals surface area contributed by atoms with Gasteiger partial charge in [-0.25, -0.2) is 14.4 Å². The van der Waals surface area contributed by atoms with Gasteiger partial charge in [0.25, 0.3) is 6.47 Å². The van der Waals surface area contributed by atoms with Gasteiger partial charge in [-0.2, -0.15) is 53.1 Å². The Labute approximate surface area is 327 Å². The number of anilines is 5. The van der Waals surface area contributed by atoms with Gasteiger partial charge in [0.2, 0.25) is 17.8 Å². The van der Waals surface area contributed by atoms with E-state index in [2.05, 4.69) is 60.6 Å². The average Bonchev–Trinajstić information content (AvgIpc) is 3.25. The minimum Gasteiger partial charge on any atom is -0.429 e. The van der Waals surface area contributed by atoms with E-state index >= 15 is 0 Å². The number of morpholine rings is 1. The zero-order chi connectivity index (χ0) is 40.1. The van der Waals surface area contributed by atoms with Gasteiger partial charge < -0.3 is 45.7 Å². The number of nitrogens with zero attached hydrogens (tertiary/aromatic N) is 8. The third kappa shape index (κ3) is 10.9. The number of carbonyl (C=O) groups is 4. The largest absolute Gasteiger partial charge is 0.429 e. The normalized spacial score (nSPS) is 12.4. The third-order valence-corrected chi connectivity index (χ3v) is 7.75. The predicted molar refractivity (Wildman–Crippen MR) is 204 cm³/mol. The number of nitrogens with one attached hydrogen (secondary N) is 2. The number of carbonyl (C=O) groups excluding carboxylic acids is 4. The topological polar surface area (TPSA) is 343 Å². The number of hydrogen-bond acceptors (Lipinski definition) is 23. The van der Waals surface area contributed by atoms with E-state index in [4.69, 9.17) is 27.2 Å². The Morgan fingerprint density at radius 1 is 0.621 bits per heavy atom. The SMILES string of the molecule is N.NOC(=O)c1cc(N=Nc2ccc(Nc3nc(Nc4ccc(N=Nc5cc(C(=O)ON)cc(C(=O)ON)c5)cc4)nc(N4CCOCC4)n3)cc2)cc(OC=O)c1. The summed E-state index contributed by atoms with van der Waals surface area (Å²) in [4.78, 5) is 75.2. The first kappa shape index (κ1) is 41.3. The molecule has 0 spiro atoms. The van der Waals surface area contributed by atoms with Gasteiger partial charge in [-0.15, -0.1) is 0 Å². The highest BCUT2D eigenvalue weighted by Gasteiger charge is 2.18. The second kappa shape index (κ2) is 19.7. The van der Waals surface area contributed by atoms with Crippen LogP contribution in [0.2, 0.25) is 0 Å². The molecular formula is C35H34N14O9. The van der Waals surface area contributed by atoms with Gasteiger partial charge >= 0.3 is 17.9 Å². The van der Waals surface area contributed by atoms with Crippen LogP contribution < -0.4 is 44.1 Å². The smallest absolute Gasteiger partial charge is 0.356 e. The van der Waals surface area contributed by atoms with Crippen LogP contribution in [0.4, 0.5) is 52.0 Å². The summed E-state index contributed by atoms with van der Waals surface area (Å²) >= 11 is 0. The van der Waals surface area contributed by atoms with Crippen molar-refractivity contribution in [3.8, 4) is 5.75 Å². The van der Waals surface area contributed by atoms with Crippen molar-refractivity contribution in [2.45, 2.75) is 0 Å². The first-order valence-corrected chi connectivity index (χ1v) is 16.5. The van der Waals surface area contributed by atoms with Crippen molar-refractivity contribution in [2.24, 2.45) is 38.1 Å². The van der Waals surface area contributed by atoms with Crippen molar-refractivity contribution < 1.29 is 43.2 Å². The molecular weight excluding hydrogens is 760 g/mol. The van der Waals surface area contributed by atoms with Crippen molar-refractivity contribution >= 4 is 76.3 Å². The molecule has 1 aliphatic rings. The van der Waals surface area contributed by atoms with Crippen molar-refractivity contribution in [1.29, 1.82) is 0 Å². The summed E-state index contributed by atoms with van der Waals surface area (Å²) in [6, 6.07) is 21.6. The van der Waals surface area contributed by atoms with Gasteiger partial charge in [0, 0.05) is 30.5 Å². The van der Waals surface area contributed by atoms with Crippen LogP contribution in [0.25, 0.3) is 0 Å².